The van der Waals surface area contributed by atoms with Gasteiger partial charge in [0, 0.05) is 12.6 Å². The maximum absolute atomic E-state index is 11.5. The molecule has 1 rings (SSSR count). The molecular weight excluding hydrogens is 232 g/mol. The Morgan fingerprint density at radius 3 is 2.61 bits per heavy atom. The van der Waals surface area contributed by atoms with Crippen molar-refractivity contribution in [2.45, 2.75) is 65.2 Å². The van der Waals surface area contributed by atoms with Crippen LogP contribution in [-0.4, -0.2) is 30.4 Å². The molecule has 5 nitrogen and oxygen atoms in total. The largest absolute Gasteiger partial charge is 0.443 e. The second kappa shape index (κ2) is 6.38. The Hall–Kier alpha value is -0.810. The molecule has 2 N–H and O–H groups in total. The Bertz CT molecular complexity index is 274. The molecule has 0 saturated carbocycles. The lowest BCUT2D eigenvalue weighted by Crippen LogP contribution is -2.50. The van der Waals surface area contributed by atoms with Crippen LogP contribution in [0.4, 0.5) is 4.79 Å². The first-order valence-corrected chi connectivity index (χ1v) is 6.64. The molecule has 0 bridgehead atoms. The van der Waals surface area contributed by atoms with Crippen molar-refractivity contribution in [3.8, 4) is 0 Å². The van der Waals surface area contributed by atoms with Gasteiger partial charge in [0.1, 0.15) is 5.60 Å². The van der Waals surface area contributed by atoms with Gasteiger partial charge in [0.2, 0.25) is 0 Å². The van der Waals surface area contributed by atoms with Gasteiger partial charge in [-0.25, -0.2) is 10.2 Å². The van der Waals surface area contributed by atoms with Crippen LogP contribution in [0.3, 0.4) is 0 Å². The van der Waals surface area contributed by atoms with E-state index in [9.17, 15) is 4.79 Å². The number of hydrogen-bond acceptors (Lipinski definition) is 4. The predicted molar refractivity (Wildman–Crippen MR) is 70.1 cm³/mol. The third kappa shape index (κ3) is 5.69. The number of amides is 1. The molecule has 1 amide bonds. The number of carbonyl (C=O) groups excluding carboxylic acids is 1. The number of nitrogens with one attached hydrogen (secondary N) is 2. The number of ether oxygens (including phenoxy) is 2. The Labute approximate surface area is 110 Å². The summed E-state index contributed by atoms with van der Waals surface area (Å²) in [4.78, 5) is 11.5. The Kier molecular flexibility index (Phi) is 5.41. The van der Waals surface area contributed by atoms with Gasteiger partial charge in [-0.05, 0) is 39.5 Å². The topological polar surface area (TPSA) is 59.6 Å². The average molecular weight is 258 g/mol. The highest BCUT2D eigenvalue weighted by Crippen LogP contribution is 2.19. The average Bonchev–Trinajstić information content (AvgIpc) is 2.24. The first kappa shape index (κ1) is 15.2. The lowest BCUT2D eigenvalue weighted by Gasteiger charge is -2.32. The summed E-state index contributed by atoms with van der Waals surface area (Å²) < 4.78 is 10.8. The van der Waals surface area contributed by atoms with E-state index >= 15 is 0 Å². The van der Waals surface area contributed by atoms with Crippen LogP contribution in [0.2, 0.25) is 0 Å². The van der Waals surface area contributed by atoms with E-state index < -0.39 is 11.7 Å². The van der Waals surface area contributed by atoms with E-state index in [1.165, 1.54) is 0 Å². The molecular formula is C13H26N2O3. The molecule has 2 unspecified atom stereocenters. The third-order valence-electron chi connectivity index (χ3n) is 2.84. The number of hydrazine groups is 1. The van der Waals surface area contributed by atoms with Crippen LogP contribution < -0.4 is 10.9 Å². The third-order valence-corrected chi connectivity index (χ3v) is 2.84. The molecule has 106 valence electrons. The van der Waals surface area contributed by atoms with Gasteiger partial charge in [-0.1, -0.05) is 13.8 Å². The van der Waals surface area contributed by atoms with E-state index in [1.807, 2.05) is 20.8 Å². The van der Waals surface area contributed by atoms with Crippen LogP contribution in [0.25, 0.3) is 0 Å². The van der Waals surface area contributed by atoms with Crippen molar-refractivity contribution in [2.24, 2.45) is 5.92 Å². The molecule has 2 atom stereocenters. The van der Waals surface area contributed by atoms with Crippen LogP contribution in [0.5, 0.6) is 0 Å². The summed E-state index contributed by atoms with van der Waals surface area (Å²) >= 11 is 0. The molecule has 0 aliphatic carbocycles. The minimum atomic E-state index is -0.470. The van der Waals surface area contributed by atoms with Crippen molar-refractivity contribution in [1.29, 1.82) is 0 Å². The molecule has 0 aromatic carbocycles. The smallest absolute Gasteiger partial charge is 0.422 e. The lowest BCUT2D eigenvalue weighted by atomic mass is 9.96. The molecule has 1 fully saturated rings. The summed E-state index contributed by atoms with van der Waals surface area (Å²) in [5.74, 6) is 0.496. The zero-order valence-electron chi connectivity index (χ0n) is 12.1. The maximum Gasteiger partial charge on any atom is 0.422 e. The van der Waals surface area contributed by atoms with Crippen molar-refractivity contribution < 1.29 is 14.3 Å². The van der Waals surface area contributed by atoms with E-state index in [4.69, 9.17) is 9.47 Å². The van der Waals surface area contributed by atoms with Crippen LogP contribution in [-0.2, 0) is 9.47 Å². The molecule has 0 aromatic heterocycles. The van der Waals surface area contributed by atoms with Crippen molar-refractivity contribution in [3.63, 3.8) is 0 Å². The standard InChI is InChI=1S/C13H26N2O3/c1-9(2)11-8-10(6-7-17-11)14-15-12(16)18-13(3,4)5/h9-11,14H,6-8H2,1-5H3,(H,15,16). The quantitative estimate of drug-likeness (QED) is 0.762. The second-order valence-corrected chi connectivity index (χ2v) is 6.15. The van der Waals surface area contributed by atoms with Crippen LogP contribution in [0.1, 0.15) is 47.5 Å². The molecule has 0 aromatic rings. The van der Waals surface area contributed by atoms with Crippen molar-refractivity contribution >= 4 is 6.09 Å². The summed E-state index contributed by atoms with van der Waals surface area (Å²) in [7, 11) is 0. The van der Waals surface area contributed by atoms with Crippen LogP contribution in [0.15, 0.2) is 0 Å². The molecule has 0 spiro atoms. The fourth-order valence-corrected chi connectivity index (χ4v) is 1.89. The van der Waals surface area contributed by atoms with Crippen molar-refractivity contribution in [2.75, 3.05) is 6.61 Å². The van der Waals surface area contributed by atoms with E-state index in [0.717, 1.165) is 19.4 Å². The van der Waals surface area contributed by atoms with Gasteiger partial charge in [0.05, 0.1) is 6.10 Å². The van der Waals surface area contributed by atoms with Crippen molar-refractivity contribution in [1.82, 2.24) is 10.9 Å². The van der Waals surface area contributed by atoms with E-state index in [0.29, 0.717) is 5.92 Å². The van der Waals surface area contributed by atoms with E-state index in [1.54, 1.807) is 0 Å². The highest BCUT2D eigenvalue weighted by molar-refractivity contribution is 5.67. The summed E-state index contributed by atoms with van der Waals surface area (Å²) in [6, 6.07) is 0.249. The molecule has 1 aliphatic rings. The minimum Gasteiger partial charge on any atom is -0.443 e. The number of carbonyl (C=O) groups is 1. The van der Waals surface area contributed by atoms with Gasteiger partial charge in [-0.3, -0.25) is 5.43 Å². The van der Waals surface area contributed by atoms with Crippen LogP contribution in [0, 0.1) is 5.92 Å². The predicted octanol–water partition coefficient (Wildman–Crippen LogP) is 2.22. The zero-order chi connectivity index (χ0) is 13.8. The molecule has 1 aliphatic heterocycles. The van der Waals surface area contributed by atoms with Gasteiger partial charge < -0.3 is 9.47 Å². The van der Waals surface area contributed by atoms with Gasteiger partial charge in [-0.15, -0.1) is 0 Å². The normalized spacial score (nSPS) is 25.0. The Morgan fingerprint density at radius 1 is 1.39 bits per heavy atom. The summed E-state index contributed by atoms with van der Waals surface area (Å²) in [6.45, 7) is 10.6. The monoisotopic (exact) mass is 258 g/mol. The first-order chi connectivity index (χ1) is 8.28. The first-order valence-electron chi connectivity index (χ1n) is 6.64. The summed E-state index contributed by atoms with van der Waals surface area (Å²) in [5.41, 5.74) is 5.16. The highest BCUT2D eigenvalue weighted by Gasteiger charge is 2.25. The van der Waals surface area contributed by atoms with Gasteiger partial charge in [0.15, 0.2) is 0 Å². The van der Waals surface area contributed by atoms with Gasteiger partial charge in [0.25, 0.3) is 0 Å². The molecule has 0 radical (unpaired) electrons. The summed E-state index contributed by atoms with van der Waals surface area (Å²) in [6.07, 6.45) is 1.64. The minimum absolute atomic E-state index is 0.249. The lowest BCUT2D eigenvalue weighted by molar-refractivity contribution is -0.0273. The second-order valence-electron chi connectivity index (χ2n) is 6.15. The SMILES string of the molecule is CC(C)C1CC(NNC(=O)OC(C)(C)C)CCO1. The molecule has 1 saturated heterocycles. The molecule has 1 heterocycles. The van der Waals surface area contributed by atoms with E-state index in [2.05, 4.69) is 24.7 Å². The van der Waals surface area contributed by atoms with Gasteiger partial charge >= 0.3 is 6.09 Å². The van der Waals surface area contributed by atoms with Crippen LogP contribution >= 0.6 is 0 Å². The zero-order valence-corrected chi connectivity index (χ0v) is 12.1. The Balaban J connectivity index is 2.28. The Morgan fingerprint density at radius 2 is 2.06 bits per heavy atom. The van der Waals surface area contributed by atoms with Gasteiger partial charge in [-0.2, -0.15) is 0 Å². The van der Waals surface area contributed by atoms with Crippen molar-refractivity contribution in [3.05, 3.63) is 0 Å². The summed E-state index contributed by atoms with van der Waals surface area (Å²) in [5, 5.41) is 0. The van der Waals surface area contributed by atoms with E-state index in [-0.39, 0.29) is 12.1 Å². The number of rotatable bonds is 3. The fourth-order valence-electron chi connectivity index (χ4n) is 1.89. The maximum atomic E-state index is 11.5. The highest BCUT2D eigenvalue weighted by atomic mass is 16.6. The fraction of sp³-hybridized carbons (Fsp3) is 0.923. The molecule has 18 heavy (non-hydrogen) atoms. The number of hydrogen-bond donors (Lipinski definition) is 2. The molecule has 5 heteroatoms.